The summed E-state index contributed by atoms with van der Waals surface area (Å²) in [4.78, 5) is 85.2. The maximum absolute atomic E-state index is 15.3. The molecule has 468 valence electrons. The Labute approximate surface area is 530 Å². The summed E-state index contributed by atoms with van der Waals surface area (Å²) in [5.74, 6) is 5.05. The molecule has 7 aromatic rings. The van der Waals surface area contributed by atoms with Gasteiger partial charge >= 0.3 is 5.97 Å². The summed E-state index contributed by atoms with van der Waals surface area (Å²) in [5.41, 5.74) is 7.69. The summed E-state index contributed by atoms with van der Waals surface area (Å²) in [6.45, 7) is 15.1. The van der Waals surface area contributed by atoms with Gasteiger partial charge in [0, 0.05) is 80.1 Å². The Bertz CT molecular complexity index is 3740. The van der Waals surface area contributed by atoms with Crippen molar-refractivity contribution < 1.29 is 43.3 Å². The number of β-amino-alcohol motifs (C(OH)–C–C–N with tert-alkyl or cyclic N) is 1. The molecule has 0 spiro atoms. The number of aromatic nitrogens is 4. The first kappa shape index (κ1) is 64.1. The normalized spacial score (nSPS) is 16.7. The number of likely N-dealkylation sites (tertiary alicyclic amines) is 1. The molecular weight excluding hydrogens is 1190 g/mol. The van der Waals surface area contributed by atoms with Crippen molar-refractivity contribution in [1.82, 2.24) is 45.5 Å². The molecule has 19 nitrogen and oxygen atoms in total. The molecule has 3 aromatic carbocycles. The van der Waals surface area contributed by atoms with E-state index in [2.05, 4.69) is 57.8 Å². The van der Waals surface area contributed by atoms with Crippen LogP contribution in [0.5, 0.6) is 5.75 Å². The molecule has 10 rings (SSSR count). The highest BCUT2D eigenvalue weighted by Crippen LogP contribution is 2.41. The van der Waals surface area contributed by atoms with Crippen molar-refractivity contribution in [2.75, 3.05) is 62.6 Å². The van der Waals surface area contributed by atoms with Crippen molar-refractivity contribution in [2.24, 2.45) is 5.41 Å². The number of halogens is 1. The number of hydrogen-bond donors (Lipinski definition) is 5. The van der Waals surface area contributed by atoms with Crippen LogP contribution in [0.4, 0.5) is 26.2 Å². The SMILES string of the molecule is Cc1ncsc1-c1ccc([C@H](C)NC(=O)[C@H]2C[C@@H](O)CN2C(=O)[C@H](NC(=O)CCCCCC(=O)N2CCN(CC#Cc3ccc(OCCCc4sc(N5CCCc6c5nnc(Nc5nc7ccccc7s5)c6C)cc4C(=O)O)c(F)c3)CC2)C(C)(C)C)cc1. The number of nitrogens with zero attached hydrogens (tertiary/aromatic N) is 8. The van der Waals surface area contributed by atoms with Gasteiger partial charge in [-0.2, -0.15) is 0 Å². The molecule has 4 atom stereocenters. The predicted octanol–water partition coefficient (Wildman–Crippen LogP) is 10.4. The molecule has 0 bridgehead atoms. The highest BCUT2D eigenvalue weighted by Gasteiger charge is 2.45. The standard InChI is InChI=1S/C66H76FN11O8S3/c1-40-47-16-13-29-77(61(47)74-73-60(40)72-65-70-50-17-10-11-18-54(50)89-65)57-37-48(64(84)85)53(88-57)19-14-34-86-52-27-22-43(35-49(52)67)15-12-28-75-30-32-76(33-31-75)56(81)21-9-7-8-20-55(80)71-59(66(4,5)6)63(83)78-38-46(79)36-51(78)62(82)69-41(2)44-23-25-45(26-24-44)58-42(3)68-39-87-58/h10-11,17-18,22-27,35,37,39,41,46,51,59,79H,7-9,13-14,16,19-21,28-34,36,38H2,1-6H3,(H,69,82)(H,71,80)(H,84,85)(H,70,72,73)/t41-,46+,51+,59-/m0/s1. The van der Waals surface area contributed by atoms with Crippen LogP contribution in [-0.4, -0.2) is 145 Å². The Morgan fingerprint density at radius 2 is 1.67 bits per heavy atom. The lowest BCUT2D eigenvalue weighted by atomic mass is 9.85. The molecule has 0 radical (unpaired) electrons. The summed E-state index contributed by atoms with van der Waals surface area (Å²) in [7, 11) is 0. The number of aryl methyl sites for hydroxylation is 2. The lowest BCUT2D eigenvalue weighted by Gasteiger charge is -2.35. The van der Waals surface area contributed by atoms with Crippen LogP contribution in [0.2, 0.25) is 0 Å². The highest BCUT2D eigenvalue weighted by molar-refractivity contribution is 7.22. The fourth-order valence-electron chi connectivity index (χ4n) is 11.5. The van der Waals surface area contributed by atoms with Crippen LogP contribution < -0.4 is 25.6 Å². The van der Waals surface area contributed by atoms with Gasteiger partial charge in [-0.3, -0.25) is 24.1 Å². The maximum Gasteiger partial charge on any atom is 0.336 e. The van der Waals surface area contributed by atoms with E-state index in [1.165, 1.54) is 22.3 Å². The molecule has 3 aliphatic rings. The Balaban J connectivity index is 0.615. The van der Waals surface area contributed by atoms with Crippen LogP contribution in [0, 0.1) is 36.9 Å². The minimum Gasteiger partial charge on any atom is -0.491 e. The summed E-state index contributed by atoms with van der Waals surface area (Å²) >= 11 is 4.53. The second-order valence-electron chi connectivity index (χ2n) is 24.1. The van der Waals surface area contributed by atoms with Crippen LogP contribution in [0.3, 0.4) is 0 Å². The van der Waals surface area contributed by atoms with Crippen molar-refractivity contribution in [2.45, 2.75) is 130 Å². The number of aromatic carboxylic acids is 1. The highest BCUT2D eigenvalue weighted by atomic mass is 32.1. The van der Waals surface area contributed by atoms with Crippen molar-refractivity contribution in [1.29, 1.82) is 0 Å². The number of piperazine rings is 1. The number of thiazole rings is 2. The lowest BCUT2D eigenvalue weighted by molar-refractivity contribution is -0.144. The summed E-state index contributed by atoms with van der Waals surface area (Å²) in [5, 5.41) is 40.9. The van der Waals surface area contributed by atoms with Gasteiger partial charge in [0.2, 0.25) is 23.6 Å². The van der Waals surface area contributed by atoms with Gasteiger partial charge in [-0.05, 0) is 112 Å². The van der Waals surface area contributed by atoms with Crippen molar-refractivity contribution in [3.05, 3.63) is 123 Å². The number of carbonyl (C=O) groups excluding carboxylic acids is 4. The molecule has 0 saturated carbocycles. The molecule has 23 heteroatoms. The summed E-state index contributed by atoms with van der Waals surface area (Å²) in [6, 6.07) is 20.0. The lowest BCUT2D eigenvalue weighted by Crippen LogP contribution is -2.57. The molecule has 4 aromatic heterocycles. The number of hydrogen-bond acceptors (Lipinski definition) is 17. The zero-order valence-electron chi connectivity index (χ0n) is 51.1. The number of carboxylic acid groups (broad SMARTS) is 1. The van der Waals surface area contributed by atoms with E-state index in [0.717, 1.165) is 66.0 Å². The molecule has 3 aliphatic heterocycles. The van der Waals surface area contributed by atoms with Gasteiger partial charge in [0.15, 0.2) is 28.3 Å². The average molecular weight is 1270 g/mol. The zero-order chi connectivity index (χ0) is 62.9. The third-order valence-corrected chi connectivity index (χ3v) is 19.7. The van der Waals surface area contributed by atoms with Gasteiger partial charge < -0.3 is 45.6 Å². The van der Waals surface area contributed by atoms with Crippen molar-refractivity contribution >= 4 is 95.6 Å². The molecule has 7 heterocycles. The quantitative estimate of drug-likeness (QED) is 0.0314. The number of amides is 4. The number of fused-ring (bicyclic) bond motifs is 2. The number of ether oxygens (including phenoxy) is 1. The fraction of sp³-hybridized carbons (Fsp3) is 0.439. The van der Waals surface area contributed by atoms with Crippen LogP contribution in [0.15, 0.2) is 78.3 Å². The van der Waals surface area contributed by atoms with Gasteiger partial charge in [0.05, 0.1) is 62.2 Å². The number of nitrogens with one attached hydrogen (secondary N) is 3. The van der Waals surface area contributed by atoms with Gasteiger partial charge in [-0.25, -0.2) is 19.2 Å². The first-order valence-corrected chi connectivity index (χ1v) is 32.9. The number of carbonyl (C=O) groups is 5. The predicted molar refractivity (Wildman–Crippen MR) is 346 cm³/mol. The van der Waals surface area contributed by atoms with Crippen LogP contribution in [0.1, 0.15) is 128 Å². The van der Waals surface area contributed by atoms with E-state index >= 15 is 4.39 Å². The first-order chi connectivity index (χ1) is 42.8. The van der Waals surface area contributed by atoms with E-state index < -0.39 is 41.3 Å². The third kappa shape index (κ3) is 15.8. The number of anilines is 4. The second kappa shape index (κ2) is 28.7. The van der Waals surface area contributed by atoms with E-state index in [9.17, 15) is 34.2 Å². The second-order valence-corrected chi connectivity index (χ2v) is 27.1. The number of thiophene rings is 1. The molecule has 0 unspecified atom stereocenters. The Morgan fingerprint density at radius 3 is 2.40 bits per heavy atom. The Morgan fingerprint density at radius 1 is 0.899 bits per heavy atom. The number of para-hydroxylation sites is 1. The Hall–Kier alpha value is -7.88. The molecule has 4 amide bonds. The number of benzene rings is 3. The van der Waals surface area contributed by atoms with Crippen LogP contribution >= 0.6 is 34.0 Å². The molecule has 0 aliphatic carbocycles. The third-order valence-electron chi connectivity index (χ3n) is 16.6. The van der Waals surface area contributed by atoms with E-state index in [1.54, 1.807) is 40.9 Å². The van der Waals surface area contributed by atoms with E-state index in [0.29, 0.717) is 99.9 Å². The number of carboxylic acids is 1. The molecule has 5 N–H and O–H groups in total. The molecular formula is C66H76FN11O8S3. The van der Waals surface area contributed by atoms with Crippen molar-refractivity contribution in [3.8, 4) is 28.0 Å². The van der Waals surface area contributed by atoms with Gasteiger partial charge in [-0.1, -0.05) is 86.8 Å². The first-order valence-electron chi connectivity index (χ1n) is 30.4. The van der Waals surface area contributed by atoms with E-state index in [1.807, 2.05) is 100 Å². The number of rotatable bonds is 22. The largest absolute Gasteiger partial charge is 0.491 e. The van der Waals surface area contributed by atoms with Gasteiger partial charge in [0.1, 0.15) is 12.1 Å². The van der Waals surface area contributed by atoms with Gasteiger partial charge in [0.25, 0.3) is 0 Å². The number of aliphatic hydroxyl groups excluding tert-OH is 1. The summed E-state index contributed by atoms with van der Waals surface area (Å²) in [6.07, 6.45) is 4.09. The smallest absolute Gasteiger partial charge is 0.336 e. The van der Waals surface area contributed by atoms with Gasteiger partial charge in [-0.15, -0.1) is 32.9 Å². The molecule has 2 fully saturated rings. The zero-order valence-corrected chi connectivity index (χ0v) is 53.5. The maximum atomic E-state index is 15.3. The monoisotopic (exact) mass is 1270 g/mol. The van der Waals surface area contributed by atoms with Crippen LogP contribution in [-0.2, 0) is 32.0 Å². The topological polar surface area (TPSA) is 236 Å². The minimum atomic E-state index is -1.02. The average Bonchev–Trinajstić information content (AvgIpc) is 2.05. The number of aliphatic hydroxyl groups is 1. The van der Waals surface area contributed by atoms with E-state index in [-0.39, 0.29) is 61.1 Å². The van der Waals surface area contributed by atoms with Crippen LogP contribution in [0.25, 0.3) is 20.7 Å². The van der Waals surface area contributed by atoms with Crippen molar-refractivity contribution in [3.63, 3.8) is 0 Å². The van der Waals surface area contributed by atoms with E-state index in [4.69, 9.17) is 4.74 Å². The number of unbranched alkanes of at least 4 members (excludes halogenated alkanes) is 2. The molecule has 2 saturated heterocycles. The Kier molecular flexibility index (Phi) is 20.7. The summed E-state index contributed by atoms with van der Waals surface area (Å²) < 4.78 is 22.2. The molecule has 89 heavy (non-hydrogen) atoms. The fourth-order valence-corrected chi connectivity index (χ4v) is 14.4. The minimum absolute atomic E-state index is 0.0184.